The number of hydrogen-bond acceptors (Lipinski definition) is 5. The van der Waals surface area contributed by atoms with E-state index in [1.165, 1.54) is 4.90 Å². The lowest BCUT2D eigenvalue weighted by atomic mass is 9.82. The fourth-order valence-corrected chi connectivity index (χ4v) is 3.83. The minimum absolute atomic E-state index is 0.0166. The van der Waals surface area contributed by atoms with Crippen molar-refractivity contribution >= 4 is 28.7 Å². The maximum absolute atomic E-state index is 13.3. The minimum atomic E-state index is -0.817. The van der Waals surface area contributed by atoms with E-state index in [1.807, 2.05) is 38.1 Å². The molecule has 0 fully saturated rings. The molecular formula is C25H27N3O4. The molecule has 1 atom stereocenters. The highest BCUT2D eigenvalue weighted by Gasteiger charge is 2.47. The molecule has 0 saturated heterocycles. The molecule has 0 radical (unpaired) electrons. The largest absolute Gasteiger partial charge is 0.503 e. The van der Waals surface area contributed by atoms with E-state index in [1.54, 1.807) is 45.0 Å². The Morgan fingerprint density at radius 3 is 2.38 bits per heavy atom. The van der Waals surface area contributed by atoms with E-state index in [2.05, 4.69) is 9.97 Å². The van der Waals surface area contributed by atoms with Crippen molar-refractivity contribution in [3.8, 4) is 5.75 Å². The number of nitrogens with one attached hydrogen (secondary N) is 1. The first-order valence-corrected chi connectivity index (χ1v) is 10.6. The highest BCUT2D eigenvalue weighted by atomic mass is 16.5. The predicted octanol–water partition coefficient (Wildman–Crippen LogP) is 4.87. The number of imidazole rings is 1. The third-order valence-corrected chi connectivity index (χ3v) is 5.31. The molecule has 1 aromatic heterocycles. The number of hydrogen-bond donors (Lipinski definition) is 2. The van der Waals surface area contributed by atoms with E-state index in [0.717, 1.165) is 5.52 Å². The number of ether oxygens (including phenoxy) is 1. The average Bonchev–Trinajstić information content (AvgIpc) is 3.26. The van der Waals surface area contributed by atoms with Gasteiger partial charge in [-0.2, -0.15) is 0 Å². The van der Waals surface area contributed by atoms with Gasteiger partial charge in [-0.25, -0.2) is 4.98 Å². The Labute approximate surface area is 186 Å². The van der Waals surface area contributed by atoms with Crippen LogP contribution in [0, 0.1) is 5.41 Å². The summed E-state index contributed by atoms with van der Waals surface area (Å²) >= 11 is 0. The maximum Gasteiger partial charge on any atom is 0.296 e. The fraction of sp³-hybridized carbons (Fsp3) is 0.320. The standard InChI is InChI=1S/C25H27N3O4/c1-14(2)32-16-12-10-15(11-13-16)20-19(22(30)25(3,4)5)21(29)23(31)28(20)24-26-17-8-6-7-9-18(17)27-24/h6-14,20,29H,1-5H3,(H,26,27). The number of fused-ring (bicyclic) bond motifs is 1. The van der Waals surface area contributed by atoms with Gasteiger partial charge in [0.1, 0.15) is 5.75 Å². The molecule has 1 aliphatic heterocycles. The summed E-state index contributed by atoms with van der Waals surface area (Å²) in [7, 11) is 0. The van der Waals surface area contributed by atoms with E-state index < -0.39 is 23.1 Å². The summed E-state index contributed by atoms with van der Waals surface area (Å²) in [4.78, 5) is 35.6. The SMILES string of the molecule is CC(C)Oc1ccc(C2C(C(=O)C(C)(C)C)=C(O)C(=O)N2c2nc3ccccc3[nH]2)cc1. The maximum atomic E-state index is 13.3. The zero-order valence-corrected chi connectivity index (χ0v) is 18.8. The number of rotatable bonds is 5. The van der Waals surface area contributed by atoms with Crippen LogP contribution in [-0.2, 0) is 9.59 Å². The molecule has 7 heteroatoms. The van der Waals surface area contributed by atoms with Crippen LogP contribution in [-0.4, -0.2) is 32.9 Å². The molecule has 2 N–H and O–H groups in total. The molecule has 0 spiro atoms. The van der Waals surface area contributed by atoms with Gasteiger partial charge in [0.2, 0.25) is 5.95 Å². The number of aromatic nitrogens is 2. The zero-order valence-electron chi connectivity index (χ0n) is 18.8. The second-order valence-electron chi connectivity index (χ2n) is 9.23. The van der Waals surface area contributed by atoms with Gasteiger partial charge in [0.05, 0.1) is 28.8 Å². The number of ketones is 1. The van der Waals surface area contributed by atoms with Crippen molar-refractivity contribution in [2.45, 2.75) is 46.8 Å². The van der Waals surface area contributed by atoms with E-state index in [0.29, 0.717) is 16.8 Å². The highest BCUT2D eigenvalue weighted by molar-refractivity contribution is 6.17. The summed E-state index contributed by atoms with van der Waals surface area (Å²) < 4.78 is 5.73. The second kappa shape index (κ2) is 7.82. The van der Waals surface area contributed by atoms with Gasteiger partial charge in [0.15, 0.2) is 11.5 Å². The molecular weight excluding hydrogens is 406 g/mol. The summed E-state index contributed by atoms with van der Waals surface area (Å²) in [5.41, 5.74) is 1.40. The Morgan fingerprint density at radius 1 is 1.12 bits per heavy atom. The van der Waals surface area contributed by atoms with Gasteiger partial charge < -0.3 is 14.8 Å². The second-order valence-corrected chi connectivity index (χ2v) is 9.23. The lowest BCUT2D eigenvalue weighted by Gasteiger charge is -2.27. The molecule has 1 unspecified atom stereocenters. The number of aliphatic hydroxyl groups excluding tert-OH is 1. The number of para-hydroxylation sites is 2. The molecule has 2 heterocycles. The first-order chi connectivity index (χ1) is 15.1. The average molecular weight is 434 g/mol. The van der Waals surface area contributed by atoms with Crippen molar-refractivity contribution < 1.29 is 19.4 Å². The van der Waals surface area contributed by atoms with Crippen LogP contribution in [0.25, 0.3) is 11.0 Å². The molecule has 166 valence electrons. The van der Waals surface area contributed by atoms with E-state index in [-0.39, 0.29) is 23.4 Å². The van der Waals surface area contributed by atoms with Crippen LogP contribution in [0.1, 0.15) is 46.2 Å². The molecule has 32 heavy (non-hydrogen) atoms. The van der Waals surface area contributed by atoms with Crippen molar-refractivity contribution in [2.24, 2.45) is 5.41 Å². The summed E-state index contributed by atoms with van der Waals surface area (Å²) in [5, 5.41) is 10.8. The van der Waals surface area contributed by atoms with Crippen LogP contribution in [0.4, 0.5) is 5.95 Å². The summed E-state index contributed by atoms with van der Waals surface area (Å²) in [5.74, 6) is -0.552. The molecule has 1 aliphatic rings. The van der Waals surface area contributed by atoms with Crippen LogP contribution >= 0.6 is 0 Å². The number of nitrogens with zero attached hydrogens (tertiary/aromatic N) is 2. The van der Waals surface area contributed by atoms with Gasteiger partial charge >= 0.3 is 0 Å². The van der Waals surface area contributed by atoms with Crippen LogP contribution < -0.4 is 9.64 Å². The molecule has 0 bridgehead atoms. The summed E-state index contributed by atoms with van der Waals surface area (Å²) in [6.45, 7) is 9.17. The first kappa shape index (κ1) is 21.6. The fourth-order valence-electron chi connectivity index (χ4n) is 3.83. The Kier molecular flexibility index (Phi) is 5.28. The number of amides is 1. The Balaban J connectivity index is 1.85. The zero-order chi connectivity index (χ0) is 23.2. The van der Waals surface area contributed by atoms with Gasteiger partial charge in [-0.3, -0.25) is 14.5 Å². The highest BCUT2D eigenvalue weighted by Crippen LogP contribution is 2.43. The Morgan fingerprint density at radius 2 is 1.78 bits per heavy atom. The van der Waals surface area contributed by atoms with Gasteiger partial charge in [-0.1, -0.05) is 45.0 Å². The number of H-pyrrole nitrogens is 1. The van der Waals surface area contributed by atoms with Gasteiger partial charge in [0.25, 0.3) is 5.91 Å². The van der Waals surface area contributed by atoms with Crippen LogP contribution in [0.5, 0.6) is 5.75 Å². The third-order valence-electron chi connectivity index (χ3n) is 5.31. The lowest BCUT2D eigenvalue weighted by molar-refractivity contribution is -0.123. The van der Waals surface area contributed by atoms with Crippen LogP contribution in [0.15, 0.2) is 59.9 Å². The molecule has 3 aromatic rings. The predicted molar refractivity (Wildman–Crippen MR) is 123 cm³/mol. The smallest absolute Gasteiger partial charge is 0.296 e. The normalized spacial score (nSPS) is 17.0. The summed E-state index contributed by atoms with van der Waals surface area (Å²) in [6, 6.07) is 13.8. The van der Waals surface area contributed by atoms with Crippen LogP contribution in [0.3, 0.4) is 0 Å². The molecule has 0 saturated carbocycles. The van der Waals surface area contributed by atoms with E-state index in [9.17, 15) is 14.7 Å². The Bertz CT molecular complexity index is 1180. The third kappa shape index (κ3) is 3.75. The monoisotopic (exact) mass is 433 g/mol. The van der Waals surface area contributed by atoms with Crippen molar-refractivity contribution in [3.05, 3.63) is 65.4 Å². The number of benzene rings is 2. The summed E-state index contributed by atoms with van der Waals surface area (Å²) in [6.07, 6.45) is 0.0166. The van der Waals surface area contributed by atoms with Crippen LogP contribution in [0.2, 0.25) is 0 Å². The molecule has 4 rings (SSSR count). The molecule has 1 amide bonds. The number of carbonyl (C=O) groups is 2. The first-order valence-electron chi connectivity index (χ1n) is 10.6. The number of aliphatic hydroxyl groups is 1. The number of aromatic amines is 1. The topological polar surface area (TPSA) is 95.5 Å². The van der Waals surface area contributed by atoms with Gasteiger partial charge in [0, 0.05) is 5.41 Å². The van der Waals surface area contributed by atoms with E-state index in [4.69, 9.17) is 4.74 Å². The molecule has 7 nitrogen and oxygen atoms in total. The number of Topliss-reactive ketones (excluding diaryl/α,β-unsaturated/α-hetero) is 1. The van der Waals surface area contributed by atoms with Crippen molar-refractivity contribution in [1.82, 2.24) is 9.97 Å². The van der Waals surface area contributed by atoms with Gasteiger partial charge in [-0.15, -0.1) is 0 Å². The molecule has 0 aliphatic carbocycles. The van der Waals surface area contributed by atoms with Gasteiger partial charge in [-0.05, 0) is 43.7 Å². The quantitative estimate of drug-likeness (QED) is 0.599. The number of anilines is 1. The van der Waals surface area contributed by atoms with Crippen molar-refractivity contribution in [1.29, 1.82) is 0 Å². The van der Waals surface area contributed by atoms with E-state index >= 15 is 0 Å². The van der Waals surface area contributed by atoms with Crippen molar-refractivity contribution in [3.63, 3.8) is 0 Å². The molecule has 2 aromatic carbocycles. The minimum Gasteiger partial charge on any atom is -0.503 e. The Hall–Kier alpha value is -3.61. The number of carbonyl (C=O) groups excluding carboxylic acids is 2. The lowest BCUT2D eigenvalue weighted by Crippen LogP contribution is -2.33. The van der Waals surface area contributed by atoms with Crippen molar-refractivity contribution in [2.75, 3.05) is 4.90 Å².